The lowest BCUT2D eigenvalue weighted by Gasteiger charge is -2.31. The molecule has 0 heterocycles. The Balaban J connectivity index is 2.61. The minimum atomic E-state index is -0.371. The average Bonchev–Trinajstić information content (AvgIpc) is 2.43. The molecule has 0 aliphatic carbocycles. The van der Waals surface area contributed by atoms with Crippen molar-refractivity contribution in [2.45, 2.75) is 46.3 Å². The minimum Gasteiger partial charge on any atom is -0.388 e. The van der Waals surface area contributed by atoms with Gasteiger partial charge in [-0.2, -0.15) is 0 Å². The minimum absolute atomic E-state index is 0.251. The molecule has 3 atom stereocenters. The summed E-state index contributed by atoms with van der Waals surface area (Å²) in [6.07, 6.45) is 0.784. The summed E-state index contributed by atoms with van der Waals surface area (Å²) >= 11 is 0. The first-order valence-electron chi connectivity index (χ1n) is 7.07. The molecular weight excluding hydrogens is 222 g/mol. The van der Waals surface area contributed by atoms with Gasteiger partial charge in [-0.25, -0.2) is 0 Å². The van der Waals surface area contributed by atoms with E-state index in [4.69, 9.17) is 0 Å². The van der Waals surface area contributed by atoms with Gasteiger partial charge in [0.15, 0.2) is 0 Å². The van der Waals surface area contributed by atoms with E-state index in [1.54, 1.807) is 0 Å². The predicted octanol–water partition coefficient (Wildman–Crippen LogP) is 3.48. The fraction of sp³-hybridized carbons (Fsp3) is 0.625. The van der Waals surface area contributed by atoms with E-state index in [1.165, 1.54) is 0 Å². The van der Waals surface area contributed by atoms with Gasteiger partial charge in [-0.1, -0.05) is 51.1 Å². The van der Waals surface area contributed by atoms with Crippen LogP contribution in [-0.4, -0.2) is 29.1 Å². The maximum atomic E-state index is 10.4. The highest BCUT2D eigenvalue weighted by Gasteiger charge is 2.20. The van der Waals surface area contributed by atoms with Crippen LogP contribution in [-0.2, 0) is 0 Å². The lowest BCUT2D eigenvalue weighted by molar-refractivity contribution is 0.0772. The van der Waals surface area contributed by atoms with Crippen molar-refractivity contribution in [2.75, 3.05) is 13.1 Å². The highest BCUT2D eigenvalue weighted by atomic mass is 16.3. The number of aliphatic hydroxyl groups excluding tert-OH is 1. The standard InChI is InChI=1S/C16H27NO/c1-5-14(4)17(6-2)12-13(3)16(18)15-10-8-7-9-11-15/h7-11,13-14,16,18H,5-6,12H2,1-4H3. The van der Waals surface area contributed by atoms with Crippen LogP contribution >= 0.6 is 0 Å². The molecule has 0 saturated carbocycles. The molecule has 1 N–H and O–H groups in total. The van der Waals surface area contributed by atoms with Crippen LogP contribution in [0.3, 0.4) is 0 Å². The van der Waals surface area contributed by atoms with Crippen LogP contribution in [0, 0.1) is 5.92 Å². The Morgan fingerprint density at radius 3 is 2.22 bits per heavy atom. The van der Waals surface area contributed by atoms with E-state index in [9.17, 15) is 5.11 Å². The molecule has 1 aromatic rings. The van der Waals surface area contributed by atoms with Gasteiger partial charge in [0.05, 0.1) is 6.10 Å². The van der Waals surface area contributed by atoms with Gasteiger partial charge in [0.25, 0.3) is 0 Å². The second-order valence-corrected chi connectivity index (χ2v) is 5.18. The summed E-state index contributed by atoms with van der Waals surface area (Å²) in [6, 6.07) is 10.5. The van der Waals surface area contributed by atoms with Gasteiger partial charge in [0, 0.05) is 12.6 Å². The third-order valence-corrected chi connectivity index (χ3v) is 3.82. The molecule has 0 spiro atoms. The third-order valence-electron chi connectivity index (χ3n) is 3.82. The van der Waals surface area contributed by atoms with E-state index < -0.39 is 0 Å². The third kappa shape index (κ3) is 4.11. The first-order valence-corrected chi connectivity index (χ1v) is 7.07. The SMILES string of the molecule is CCC(C)N(CC)CC(C)C(O)c1ccccc1. The van der Waals surface area contributed by atoms with Crippen LogP contribution in [0.5, 0.6) is 0 Å². The van der Waals surface area contributed by atoms with Gasteiger partial charge < -0.3 is 10.0 Å². The molecule has 0 bridgehead atoms. The van der Waals surface area contributed by atoms with Crippen LogP contribution in [0.25, 0.3) is 0 Å². The number of aliphatic hydroxyl groups is 1. The van der Waals surface area contributed by atoms with Crippen LogP contribution in [0.1, 0.15) is 45.8 Å². The topological polar surface area (TPSA) is 23.5 Å². The molecule has 1 aromatic carbocycles. The zero-order valence-corrected chi connectivity index (χ0v) is 12.1. The highest BCUT2D eigenvalue weighted by Crippen LogP contribution is 2.23. The van der Waals surface area contributed by atoms with E-state index >= 15 is 0 Å². The molecule has 3 unspecified atom stereocenters. The maximum absolute atomic E-state index is 10.4. The second kappa shape index (κ2) is 7.55. The molecule has 0 aliphatic rings. The zero-order chi connectivity index (χ0) is 13.5. The van der Waals surface area contributed by atoms with Crippen molar-refractivity contribution >= 4 is 0 Å². The molecule has 0 amide bonds. The molecule has 0 radical (unpaired) electrons. The average molecular weight is 249 g/mol. The molecule has 1 rings (SSSR count). The Bertz CT molecular complexity index is 325. The number of rotatable bonds is 7. The van der Waals surface area contributed by atoms with E-state index in [1.807, 2.05) is 30.3 Å². The summed E-state index contributed by atoms with van der Waals surface area (Å²) in [6.45, 7) is 10.8. The molecule has 0 aliphatic heterocycles. The molecule has 2 nitrogen and oxygen atoms in total. The molecule has 18 heavy (non-hydrogen) atoms. The first-order chi connectivity index (χ1) is 8.60. The molecule has 2 heteroatoms. The Labute approximate surface area is 112 Å². The lowest BCUT2D eigenvalue weighted by Crippen LogP contribution is -2.37. The van der Waals surface area contributed by atoms with Crippen molar-refractivity contribution in [2.24, 2.45) is 5.92 Å². The van der Waals surface area contributed by atoms with Crippen molar-refractivity contribution in [3.63, 3.8) is 0 Å². The van der Waals surface area contributed by atoms with Crippen molar-refractivity contribution in [1.82, 2.24) is 4.90 Å². The van der Waals surface area contributed by atoms with Crippen LogP contribution in [0.4, 0.5) is 0 Å². The molecular formula is C16H27NO. The summed E-state index contributed by atoms with van der Waals surface area (Å²) in [5, 5.41) is 10.4. The summed E-state index contributed by atoms with van der Waals surface area (Å²) in [5.74, 6) is 0.251. The van der Waals surface area contributed by atoms with Gasteiger partial charge in [-0.3, -0.25) is 0 Å². The molecule has 0 aromatic heterocycles. The van der Waals surface area contributed by atoms with E-state index in [2.05, 4.69) is 32.6 Å². The summed E-state index contributed by atoms with van der Waals surface area (Å²) in [7, 11) is 0. The molecule has 0 fully saturated rings. The number of benzene rings is 1. The van der Waals surface area contributed by atoms with Crippen LogP contribution in [0.15, 0.2) is 30.3 Å². The van der Waals surface area contributed by atoms with Crippen molar-refractivity contribution in [3.05, 3.63) is 35.9 Å². The summed E-state index contributed by atoms with van der Waals surface area (Å²) in [4.78, 5) is 2.44. The van der Waals surface area contributed by atoms with Gasteiger partial charge in [-0.05, 0) is 31.4 Å². The molecule has 102 valence electrons. The van der Waals surface area contributed by atoms with E-state index in [-0.39, 0.29) is 12.0 Å². The summed E-state index contributed by atoms with van der Waals surface area (Å²) < 4.78 is 0. The molecule has 0 saturated heterocycles. The quantitative estimate of drug-likeness (QED) is 0.799. The fourth-order valence-electron chi connectivity index (χ4n) is 2.33. The predicted molar refractivity (Wildman–Crippen MR) is 77.6 cm³/mol. The van der Waals surface area contributed by atoms with Crippen molar-refractivity contribution in [3.8, 4) is 0 Å². The first kappa shape index (κ1) is 15.2. The number of hydrogen-bond acceptors (Lipinski definition) is 2. The largest absolute Gasteiger partial charge is 0.388 e. The van der Waals surface area contributed by atoms with Crippen LogP contribution in [0.2, 0.25) is 0 Å². The number of hydrogen-bond donors (Lipinski definition) is 1. The van der Waals surface area contributed by atoms with Gasteiger partial charge in [0.1, 0.15) is 0 Å². The van der Waals surface area contributed by atoms with Crippen LogP contribution < -0.4 is 0 Å². The fourth-order valence-corrected chi connectivity index (χ4v) is 2.33. The lowest BCUT2D eigenvalue weighted by atomic mass is 9.96. The van der Waals surface area contributed by atoms with E-state index in [0.29, 0.717) is 6.04 Å². The smallest absolute Gasteiger partial charge is 0.0827 e. The van der Waals surface area contributed by atoms with Gasteiger partial charge in [-0.15, -0.1) is 0 Å². The zero-order valence-electron chi connectivity index (χ0n) is 12.1. The Morgan fingerprint density at radius 2 is 1.72 bits per heavy atom. The number of nitrogens with zero attached hydrogens (tertiary/aromatic N) is 1. The van der Waals surface area contributed by atoms with E-state index in [0.717, 1.165) is 25.1 Å². The maximum Gasteiger partial charge on any atom is 0.0827 e. The Hall–Kier alpha value is -0.860. The van der Waals surface area contributed by atoms with Gasteiger partial charge in [0.2, 0.25) is 0 Å². The van der Waals surface area contributed by atoms with Crippen molar-refractivity contribution in [1.29, 1.82) is 0 Å². The summed E-state index contributed by atoms with van der Waals surface area (Å²) in [5.41, 5.74) is 1.02. The second-order valence-electron chi connectivity index (χ2n) is 5.18. The van der Waals surface area contributed by atoms with Crippen molar-refractivity contribution < 1.29 is 5.11 Å². The monoisotopic (exact) mass is 249 g/mol. The Kier molecular flexibility index (Phi) is 6.37. The highest BCUT2D eigenvalue weighted by molar-refractivity contribution is 5.17. The van der Waals surface area contributed by atoms with Gasteiger partial charge >= 0.3 is 0 Å². The Morgan fingerprint density at radius 1 is 1.11 bits per heavy atom. The normalized spacial score (nSPS) is 16.6.